The quantitative estimate of drug-likeness (QED) is 0.786. The average Bonchev–Trinajstić information content (AvgIpc) is 2.54. The number of nitriles is 1. The zero-order valence-electron chi connectivity index (χ0n) is 12.0. The van der Waals surface area contributed by atoms with Crippen molar-refractivity contribution in [3.63, 3.8) is 0 Å². The number of rotatable bonds is 5. The van der Waals surface area contributed by atoms with Crippen molar-refractivity contribution >= 4 is 11.6 Å². The maximum Gasteiger partial charge on any atom is 0.161 e. The molecule has 0 unspecified atom stereocenters. The van der Waals surface area contributed by atoms with Gasteiger partial charge in [0.05, 0.1) is 25.0 Å². The van der Waals surface area contributed by atoms with Crippen LogP contribution >= 0.6 is 0 Å². The van der Waals surface area contributed by atoms with E-state index in [1.165, 1.54) is 0 Å². The van der Waals surface area contributed by atoms with Crippen molar-refractivity contribution in [2.75, 3.05) is 13.7 Å². The molecule has 0 amide bonds. The normalized spacial score (nSPS) is 10.8. The van der Waals surface area contributed by atoms with Gasteiger partial charge >= 0.3 is 0 Å². The first-order valence-corrected chi connectivity index (χ1v) is 6.62. The fourth-order valence-electron chi connectivity index (χ4n) is 1.90. The molecule has 2 rings (SSSR count). The minimum absolute atomic E-state index is 0.502. The Morgan fingerprint density at radius 2 is 2.14 bits per heavy atom. The molecule has 0 atom stereocenters. The van der Waals surface area contributed by atoms with Crippen molar-refractivity contribution in [2.24, 2.45) is 0 Å². The number of benzene rings is 1. The standard InChI is InChI=1S/C17H16N2O2/c1-3-21-16-8-7-13(11-17(16)20-2)10-14(12-18)15-6-4-5-9-19-15/h4-11H,3H2,1-2H3/b14-10+. The van der Waals surface area contributed by atoms with Gasteiger partial charge in [0.25, 0.3) is 0 Å². The second kappa shape index (κ2) is 7.11. The van der Waals surface area contributed by atoms with Crippen LogP contribution in [0.5, 0.6) is 11.5 Å². The Kier molecular flexibility index (Phi) is 4.94. The summed E-state index contributed by atoms with van der Waals surface area (Å²) in [5, 5.41) is 9.29. The Morgan fingerprint density at radius 3 is 2.76 bits per heavy atom. The molecule has 0 aliphatic carbocycles. The molecule has 0 spiro atoms. The molecular formula is C17H16N2O2. The van der Waals surface area contributed by atoms with Crippen LogP contribution in [0.1, 0.15) is 18.2 Å². The number of nitrogens with zero attached hydrogens (tertiary/aromatic N) is 2. The van der Waals surface area contributed by atoms with Gasteiger partial charge in [0.15, 0.2) is 11.5 Å². The molecule has 0 N–H and O–H groups in total. The third-order valence-electron chi connectivity index (χ3n) is 2.86. The van der Waals surface area contributed by atoms with E-state index in [0.29, 0.717) is 29.4 Å². The summed E-state index contributed by atoms with van der Waals surface area (Å²) in [6.45, 7) is 2.49. The lowest BCUT2D eigenvalue weighted by Gasteiger charge is -2.09. The van der Waals surface area contributed by atoms with Gasteiger partial charge in [0.1, 0.15) is 6.07 Å². The number of allylic oxidation sites excluding steroid dienone is 1. The summed E-state index contributed by atoms with van der Waals surface area (Å²) >= 11 is 0. The van der Waals surface area contributed by atoms with Crippen molar-refractivity contribution in [3.8, 4) is 17.6 Å². The molecule has 0 bridgehead atoms. The number of hydrogen-bond donors (Lipinski definition) is 0. The topological polar surface area (TPSA) is 55.1 Å². The van der Waals surface area contributed by atoms with Crippen molar-refractivity contribution < 1.29 is 9.47 Å². The van der Waals surface area contributed by atoms with Gasteiger partial charge in [0.2, 0.25) is 0 Å². The van der Waals surface area contributed by atoms with Gasteiger partial charge in [-0.2, -0.15) is 5.26 Å². The average molecular weight is 280 g/mol. The molecule has 0 saturated carbocycles. The van der Waals surface area contributed by atoms with Crippen LogP contribution in [-0.4, -0.2) is 18.7 Å². The lowest BCUT2D eigenvalue weighted by atomic mass is 10.1. The van der Waals surface area contributed by atoms with E-state index in [1.54, 1.807) is 25.4 Å². The highest BCUT2D eigenvalue weighted by Gasteiger charge is 2.06. The number of methoxy groups -OCH3 is 1. The summed E-state index contributed by atoms with van der Waals surface area (Å²) in [5.41, 5.74) is 2.01. The second-order valence-electron chi connectivity index (χ2n) is 4.23. The predicted molar refractivity (Wildman–Crippen MR) is 81.9 cm³/mol. The Labute approximate surface area is 124 Å². The van der Waals surface area contributed by atoms with Gasteiger partial charge in [0, 0.05) is 6.20 Å². The summed E-state index contributed by atoms with van der Waals surface area (Å²) < 4.78 is 10.8. The molecule has 0 radical (unpaired) electrons. The van der Waals surface area contributed by atoms with Gasteiger partial charge in [-0.05, 0) is 42.8 Å². The largest absolute Gasteiger partial charge is 0.493 e. The molecular weight excluding hydrogens is 264 g/mol. The summed E-state index contributed by atoms with van der Waals surface area (Å²) in [6, 6.07) is 13.2. The van der Waals surface area contributed by atoms with Crippen LogP contribution < -0.4 is 9.47 Å². The Bertz CT molecular complexity index is 673. The zero-order valence-corrected chi connectivity index (χ0v) is 12.0. The highest BCUT2D eigenvalue weighted by atomic mass is 16.5. The molecule has 21 heavy (non-hydrogen) atoms. The number of ether oxygens (including phenoxy) is 2. The monoisotopic (exact) mass is 280 g/mol. The molecule has 4 nitrogen and oxygen atoms in total. The first-order chi connectivity index (χ1) is 10.3. The van der Waals surface area contributed by atoms with E-state index in [9.17, 15) is 5.26 Å². The zero-order chi connectivity index (χ0) is 15.1. The number of hydrogen-bond acceptors (Lipinski definition) is 4. The Hall–Kier alpha value is -2.80. The van der Waals surface area contributed by atoms with Crippen LogP contribution in [-0.2, 0) is 0 Å². The summed E-state index contributed by atoms with van der Waals surface area (Å²) in [5.74, 6) is 1.33. The number of pyridine rings is 1. The SMILES string of the molecule is CCOc1ccc(/C=C(\C#N)c2ccccn2)cc1OC. The maximum absolute atomic E-state index is 9.29. The minimum atomic E-state index is 0.502. The van der Waals surface area contributed by atoms with E-state index in [4.69, 9.17) is 9.47 Å². The van der Waals surface area contributed by atoms with E-state index in [0.717, 1.165) is 5.56 Å². The highest BCUT2D eigenvalue weighted by Crippen LogP contribution is 2.29. The van der Waals surface area contributed by atoms with Crippen molar-refractivity contribution in [1.82, 2.24) is 4.98 Å². The molecule has 4 heteroatoms. The molecule has 2 aromatic rings. The van der Waals surface area contributed by atoms with Gasteiger partial charge < -0.3 is 9.47 Å². The van der Waals surface area contributed by atoms with Crippen LogP contribution in [0.3, 0.4) is 0 Å². The van der Waals surface area contributed by atoms with Crippen LogP contribution in [0.25, 0.3) is 11.6 Å². The third kappa shape index (κ3) is 3.61. The van der Waals surface area contributed by atoms with Crippen LogP contribution in [0, 0.1) is 11.3 Å². The maximum atomic E-state index is 9.29. The first-order valence-electron chi connectivity index (χ1n) is 6.62. The molecule has 0 aliphatic heterocycles. The van der Waals surface area contributed by atoms with E-state index >= 15 is 0 Å². The van der Waals surface area contributed by atoms with Gasteiger partial charge in [-0.15, -0.1) is 0 Å². The fraction of sp³-hybridized carbons (Fsp3) is 0.176. The van der Waals surface area contributed by atoms with Gasteiger partial charge in [-0.1, -0.05) is 12.1 Å². The van der Waals surface area contributed by atoms with E-state index in [-0.39, 0.29) is 0 Å². The molecule has 1 aromatic heterocycles. The van der Waals surface area contributed by atoms with E-state index in [1.807, 2.05) is 37.3 Å². The Morgan fingerprint density at radius 1 is 1.29 bits per heavy atom. The summed E-state index contributed by atoms with van der Waals surface area (Å²) in [4.78, 5) is 4.19. The van der Waals surface area contributed by atoms with Gasteiger partial charge in [-0.25, -0.2) is 0 Å². The molecule has 1 aromatic carbocycles. The van der Waals surface area contributed by atoms with Crippen molar-refractivity contribution in [1.29, 1.82) is 5.26 Å². The van der Waals surface area contributed by atoms with Crippen molar-refractivity contribution in [2.45, 2.75) is 6.92 Å². The summed E-state index contributed by atoms with van der Waals surface area (Å²) in [6.07, 6.45) is 3.44. The molecule has 0 fully saturated rings. The van der Waals surface area contributed by atoms with Crippen molar-refractivity contribution in [3.05, 3.63) is 53.9 Å². The fourth-order valence-corrected chi connectivity index (χ4v) is 1.90. The lowest BCUT2D eigenvalue weighted by Crippen LogP contribution is -1.95. The lowest BCUT2D eigenvalue weighted by molar-refractivity contribution is 0.311. The Balaban J connectivity index is 2.38. The number of aromatic nitrogens is 1. The smallest absolute Gasteiger partial charge is 0.161 e. The molecule has 0 aliphatic rings. The minimum Gasteiger partial charge on any atom is -0.493 e. The van der Waals surface area contributed by atoms with Gasteiger partial charge in [-0.3, -0.25) is 4.98 Å². The highest BCUT2D eigenvalue weighted by molar-refractivity contribution is 5.88. The molecule has 106 valence electrons. The van der Waals surface area contributed by atoms with E-state index < -0.39 is 0 Å². The first kappa shape index (κ1) is 14.6. The summed E-state index contributed by atoms with van der Waals surface area (Å²) in [7, 11) is 1.59. The van der Waals surface area contributed by atoms with E-state index in [2.05, 4.69) is 11.1 Å². The van der Waals surface area contributed by atoms with Crippen LogP contribution in [0.2, 0.25) is 0 Å². The predicted octanol–water partition coefficient (Wildman–Crippen LogP) is 3.55. The second-order valence-corrected chi connectivity index (χ2v) is 4.23. The van der Waals surface area contributed by atoms with Crippen LogP contribution in [0.4, 0.5) is 0 Å². The van der Waals surface area contributed by atoms with Crippen LogP contribution in [0.15, 0.2) is 42.6 Å². The molecule has 1 heterocycles. The molecule has 0 saturated heterocycles. The third-order valence-corrected chi connectivity index (χ3v) is 2.86.